The van der Waals surface area contributed by atoms with Crippen LogP contribution < -0.4 is 5.32 Å². The van der Waals surface area contributed by atoms with Gasteiger partial charge >= 0.3 is 5.97 Å². The maximum absolute atomic E-state index is 11.1. The Balaban J connectivity index is 1.96. The summed E-state index contributed by atoms with van der Waals surface area (Å²) in [6, 6.07) is -0.954. The lowest BCUT2D eigenvalue weighted by Gasteiger charge is -2.17. The largest absolute Gasteiger partial charge is 0.480 e. The van der Waals surface area contributed by atoms with Crippen LogP contribution >= 0.6 is 0 Å². The Bertz CT molecular complexity index is 396. The number of sulfone groups is 1. The van der Waals surface area contributed by atoms with Crippen LogP contribution in [0.2, 0.25) is 0 Å². The number of hydrogen-bond acceptors (Lipinski definition) is 4. The third-order valence-corrected chi connectivity index (χ3v) is 4.08. The minimum Gasteiger partial charge on any atom is -0.480 e. The molecule has 6 heteroatoms. The maximum atomic E-state index is 11.1. The van der Waals surface area contributed by atoms with Crippen LogP contribution in [0, 0.1) is 5.92 Å². The molecule has 0 aromatic heterocycles. The second-order valence-electron chi connectivity index (χ2n) is 4.08. The van der Waals surface area contributed by atoms with E-state index in [1.807, 2.05) is 0 Å². The maximum Gasteiger partial charge on any atom is 0.321 e. The molecule has 0 radical (unpaired) electrons. The van der Waals surface area contributed by atoms with Crippen LogP contribution in [0.25, 0.3) is 0 Å². The summed E-state index contributed by atoms with van der Waals surface area (Å²) < 4.78 is 22.2. The lowest BCUT2D eigenvalue weighted by atomic mass is 10.1. The highest BCUT2D eigenvalue weighted by Crippen LogP contribution is 2.33. The third-order valence-electron chi connectivity index (χ3n) is 2.68. The van der Waals surface area contributed by atoms with E-state index in [2.05, 4.69) is 5.32 Å². The number of carbonyl (C=O) groups is 1. The van der Waals surface area contributed by atoms with Crippen LogP contribution in [0.3, 0.4) is 0 Å². The molecule has 0 amide bonds. The van der Waals surface area contributed by atoms with Gasteiger partial charge in [0.15, 0.2) is 9.84 Å². The molecule has 1 aliphatic carbocycles. The van der Waals surface area contributed by atoms with Gasteiger partial charge in [-0.15, -0.1) is 0 Å². The van der Waals surface area contributed by atoms with Gasteiger partial charge in [-0.2, -0.15) is 0 Å². The molecule has 15 heavy (non-hydrogen) atoms. The van der Waals surface area contributed by atoms with Crippen molar-refractivity contribution in [2.75, 3.05) is 5.75 Å². The van der Waals surface area contributed by atoms with Crippen molar-refractivity contribution in [2.24, 2.45) is 5.92 Å². The molecule has 1 heterocycles. The van der Waals surface area contributed by atoms with Crippen molar-refractivity contribution in [3.05, 3.63) is 11.5 Å². The minimum absolute atomic E-state index is 0.0243. The zero-order chi connectivity index (χ0) is 11.1. The summed E-state index contributed by atoms with van der Waals surface area (Å²) in [4.78, 5) is 10.9. The quantitative estimate of drug-likeness (QED) is 0.697. The fourth-order valence-corrected chi connectivity index (χ4v) is 3.00. The van der Waals surface area contributed by atoms with Crippen molar-refractivity contribution in [1.82, 2.24) is 5.32 Å². The van der Waals surface area contributed by atoms with Gasteiger partial charge < -0.3 is 5.11 Å². The van der Waals surface area contributed by atoms with Gasteiger partial charge in [0.2, 0.25) is 0 Å². The van der Waals surface area contributed by atoms with Gasteiger partial charge in [0.05, 0.1) is 5.75 Å². The average Bonchev–Trinajstić information content (AvgIpc) is 2.88. The van der Waals surface area contributed by atoms with Gasteiger partial charge in [-0.05, 0) is 18.8 Å². The van der Waals surface area contributed by atoms with Crippen LogP contribution in [-0.2, 0) is 14.6 Å². The molecular weight excluding hydrogens is 218 g/mol. The van der Waals surface area contributed by atoms with Crippen molar-refractivity contribution < 1.29 is 18.3 Å². The number of nitrogens with one attached hydrogen (secondary N) is 1. The average molecular weight is 231 g/mol. The first-order valence-electron chi connectivity index (χ1n) is 4.88. The number of aliphatic carboxylic acids is 1. The molecule has 84 valence electrons. The first-order chi connectivity index (χ1) is 6.98. The Labute approximate surface area is 88.1 Å². The Morgan fingerprint density at radius 1 is 1.47 bits per heavy atom. The molecule has 0 bridgehead atoms. The van der Waals surface area contributed by atoms with Gasteiger partial charge in [0.1, 0.15) is 6.04 Å². The summed E-state index contributed by atoms with van der Waals surface area (Å²) in [5, 5.41) is 13.0. The first-order valence-corrected chi connectivity index (χ1v) is 6.59. The fourth-order valence-electron chi connectivity index (χ4n) is 1.75. The van der Waals surface area contributed by atoms with E-state index in [1.165, 1.54) is 6.08 Å². The number of carboxylic acid groups (broad SMARTS) is 1. The molecule has 0 aromatic carbocycles. The highest BCUT2D eigenvalue weighted by atomic mass is 32.2. The van der Waals surface area contributed by atoms with E-state index in [9.17, 15) is 13.2 Å². The van der Waals surface area contributed by atoms with Crippen molar-refractivity contribution >= 4 is 15.8 Å². The monoisotopic (exact) mass is 231 g/mol. The summed E-state index contributed by atoms with van der Waals surface area (Å²) in [7, 11) is -3.11. The number of rotatable bonds is 4. The van der Waals surface area contributed by atoms with Crippen molar-refractivity contribution in [3.8, 4) is 0 Å². The van der Waals surface area contributed by atoms with Gasteiger partial charge in [-0.3, -0.25) is 10.1 Å². The Morgan fingerprint density at radius 2 is 2.13 bits per heavy atom. The highest BCUT2D eigenvalue weighted by molar-refractivity contribution is 7.94. The lowest BCUT2D eigenvalue weighted by Crippen LogP contribution is -2.45. The molecular formula is C9H13NO4S. The third kappa shape index (κ3) is 2.57. The first kappa shape index (κ1) is 10.6. The zero-order valence-electron chi connectivity index (χ0n) is 8.09. The molecule has 2 atom stereocenters. The second-order valence-corrected chi connectivity index (χ2v) is 6.02. The van der Waals surface area contributed by atoms with Crippen LogP contribution in [0.1, 0.15) is 12.8 Å². The summed E-state index contributed by atoms with van der Waals surface area (Å²) in [6.45, 7) is 0. The molecule has 1 fully saturated rings. The van der Waals surface area contributed by atoms with Crippen LogP contribution in [-0.4, -0.2) is 37.3 Å². The number of hydrogen-bond donors (Lipinski definition) is 2. The highest BCUT2D eigenvalue weighted by Gasteiger charge is 2.38. The van der Waals surface area contributed by atoms with Gasteiger partial charge in [-0.25, -0.2) is 8.42 Å². The van der Waals surface area contributed by atoms with E-state index in [0.717, 1.165) is 18.2 Å². The molecule has 2 rings (SSSR count). The van der Waals surface area contributed by atoms with E-state index in [-0.39, 0.29) is 17.7 Å². The van der Waals surface area contributed by atoms with Crippen LogP contribution in [0.5, 0.6) is 0 Å². The molecule has 2 N–H and O–H groups in total. The number of carboxylic acids is 1. The molecule has 2 aliphatic rings. The van der Waals surface area contributed by atoms with Gasteiger partial charge in [0, 0.05) is 11.4 Å². The normalized spacial score (nSPS) is 30.3. The molecule has 1 saturated carbocycles. The smallest absolute Gasteiger partial charge is 0.321 e. The summed E-state index contributed by atoms with van der Waals surface area (Å²) >= 11 is 0. The molecule has 2 unspecified atom stereocenters. The van der Waals surface area contributed by atoms with E-state index in [0.29, 0.717) is 0 Å². The van der Waals surface area contributed by atoms with Gasteiger partial charge in [0.25, 0.3) is 0 Å². The second kappa shape index (κ2) is 3.61. The minimum atomic E-state index is -3.11. The predicted octanol–water partition coefficient (Wildman–Crippen LogP) is -0.250. The predicted molar refractivity (Wildman–Crippen MR) is 54.0 cm³/mol. The molecule has 0 aromatic rings. The SMILES string of the molecule is O=C(O)C(NC1C=CS(=O)(=O)C1)C1CC1. The molecule has 0 saturated heterocycles. The summed E-state index contributed by atoms with van der Waals surface area (Å²) in [5.74, 6) is -0.752. The molecule has 0 spiro atoms. The van der Waals surface area contributed by atoms with E-state index >= 15 is 0 Å². The van der Waals surface area contributed by atoms with Crippen LogP contribution in [0.4, 0.5) is 0 Å². The van der Waals surface area contributed by atoms with Gasteiger partial charge in [-0.1, -0.05) is 6.08 Å². The van der Waals surface area contributed by atoms with Crippen molar-refractivity contribution in [1.29, 1.82) is 0 Å². The lowest BCUT2D eigenvalue weighted by molar-refractivity contribution is -0.140. The van der Waals surface area contributed by atoms with Crippen molar-refractivity contribution in [2.45, 2.75) is 24.9 Å². The van der Waals surface area contributed by atoms with E-state index < -0.39 is 21.8 Å². The zero-order valence-corrected chi connectivity index (χ0v) is 8.90. The Kier molecular flexibility index (Phi) is 2.56. The fraction of sp³-hybridized carbons (Fsp3) is 0.667. The van der Waals surface area contributed by atoms with E-state index in [1.54, 1.807) is 0 Å². The van der Waals surface area contributed by atoms with E-state index in [4.69, 9.17) is 5.11 Å². The summed E-state index contributed by atoms with van der Waals surface area (Å²) in [5.41, 5.74) is 0. The van der Waals surface area contributed by atoms with Crippen LogP contribution in [0.15, 0.2) is 11.5 Å². The Hall–Kier alpha value is -0.880. The topological polar surface area (TPSA) is 83.5 Å². The van der Waals surface area contributed by atoms with Crippen molar-refractivity contribution in [3.63, 3.8) is 0 Å². The molecule has 1 aliphatic heterocycles. The molecule has 5 nitrogen and oxygen atoms in total. The standard InChI is InChI=1S/C9H13NO4S/c11-9(12)8(6-1-2-6)10-7-3-4-15(13,14)5-7/h3-4,6-8,10H,1-2,5H2,(H,11,12). The Morgan fingerprint density at radius 3 is 2.53 bits per heavy atom. The summed E-state index contributed by atoms with van der Waals surface area (Å²) in [6.07, 6.45) is 3.34.